The minimum atomic E-state index is -4.66. The van der Waals surface area contributed by atoms with Crippen LogP contribution in [0.25, 0.3) is 0 Å². The molecule has 1 aliphatic rings. The molecule has 3 rings (SSSR count). The predicted octanol–water partition coefficient (Wildman–Crippen LogP) is 2.53. The Bertz CT molecular complexity index is 985. The molecule has 0 bridgehead atoms. The molecule has 0 fully saturated rings. The van der Waals surface area contributed by atoms with Crippen LogP contribution < -0.4 is 16.2 Å². The Balaban J connectivity index is 2.12. The van der Waals surface area contributed by atoms with Crippen LogP contribution in [0, 0.1) is 0 Å². The van der Waals surface area contributed by atoms with Gasteiger partial charge in [0.2, 0.25) is 0 Å². The minimum absolute atomic E-state index is 0.197. The van der Waals surface area contributed by atoms with E-state index in [0.29, 0.717) is 18.5 Å². The summed E-state index contributed by atoms with van der Waals surface area (Å²) < 4.78 is 46.7. The van der Waals surface area contributed by atoms with Crippen LogP contribution in [-0.4, -0.2) is 30.2 Å². The van der Waals surface area contributed by atoms with Crippen molar-refractivity contribution in [2.24, 2.45) is 12.8 Å². The topological polar surface area (TPSA) is 77.6 Å². The second-order valence-electron chi connectivity index (χ2n) is 7.00. The van der Waals surface area contributed by atoms with E-state index in [1.165, 1.54) is 19.1 Å². The SMILES string of the molecule is COC(=O)[C@@H](N)Cc1cccc2c1CCCN2c1c(C(F)(F)F)ccn(C)c1=O. The highest BCUT2D eigenvalue weighted by atomic mass is 19.4. The maximum atomic E-state index is 13.6. The summed E-state index contributed by atoms with van der Waals surface area (Å²) >= 11 is 0. The van der Waals surface area contributed by atoms with E-state index in [1.54, 1.807) is 18.2 Å². The number of benzene rings is 1. The first-order valence-electron chi connectivity index (χ1n) is 9.13. The molecule has 1 aliphatic heterocycles. The molecule has 2 heterocycles. The molecule has 156 valence electrons. The summed E-state index contributed by atoms with van der Waals surface area (Å²) in [6.45, 7) is 0.280. The maximum Gasteiger partial charge on any atom is 0.418 e. The van der Waals surface area contributed by atoms with Gasteiger partial charge in [-0.3, -0.25) is 9.59 Å². The van der Waals surface area contributed by atoms with Crippen molar-refractivity contribution in [2.45, 2.75) is 31.5 Å². The third kappa shape index (κ3) is 4.00. The van der Waals surface area contributed by atoms with E-state index in [0.717, 1.165) is 28.0 Å². The number of rotatable bonds is 4. The number of ether oxygens (including phenoxy) is 1. The second-order valence-corrected chi connectivity index (χ2v) is 7.00. The molecular weight excluding hydrogens is 387 g/mol. The van der Waals surface area contributed by atoms with E-state index in [2.05, 4.69) is 4.74 Å². The summed E-state index contributed by atoms with van der Waals surface area (Å²) in [6, 6.07) is 5.21. The number of halogens is 3. The first kappa shape index (κ1) is 20.9. The monoisotopic (exact) mass is 409 g/mol. The number of pyridine rings is 1. The average Bonchev–Trinajstić information content (AvgIpc) is 2.68. The third-order valence-corrected chi connectivity index (χ3v) is 5.11. The lowest BCUT2D eigenvalue weighted by Crippen LogP contribution is -2.36. The first-order chi connectivity index (χ1) is 13.6. The molecule has 0 amide bonds. The van der Waals surface area contributed by atoms with Crippen LogP contribution in [0.5, 0.6) is 0 Å². The smallest absolute Gasteiger partial charge is 0.418 e. The number of aromatic nitrogens is 1. The van der Waals surface area contributed by atoms with Crippen LogP contribution in [-0.2, 0) is 35.6 Å². The average molecular weight is 409 g/mol. The fourth-order valence-electron chi connectivity index (χ4n) is 3.70. The Hall–Kier alpha value is -2.81. The molecular formula is C20H22F3N3O3. The number of hydrogen-bond donors (Lipinski definition) is 1. The summed E-state index contributed by atoms with van der Waals surface area (Å²) in [4.78, 5) is 25.8. The van der Waals surface area contributed by atoms with Crippen LogP contribution >= 0.6 is 0 Å². The lowest BCUT2D eigenvalue weighted by atomic mass is 9.92. The predicted molar refractivity (Wildman–Crippen MR) is 102 cm³/mol. The van der Waals surface area contributed by atoms with Gasteiger partial charge in [0.15, 0.2) is 0 Å². The van der Waals surface area contributed by atoms with Gasteiger partial charge >= 0.3 is 12.1 Å². The molecule has 9 heteroatoms. The Kier molecular flexibility index (Phi) is 5.70. The standard InChI is InChI=1S/C20H22F3N3O3/c1-25-10-8-14(20(21,22)23)17(18(25)27)26-9-4-6-13-12(5-3-7-16(13)26)11-15(24)19(28)29-2/h3,5,7-8,10,15H,4,6,9,11,24H2,1-2H3/t15-/m0/s1. The zero-order valence-corrected chi connectivity index (χ0v) is 16.1. The maximum absolute atomic E-state index is 13.6. The van der Waals surface area contributed by atoms with Crippen LogP contribution in [0.15, 0.2) is 35.3 Å². The minimum Gasteiger partial charge on any atom is -0.468 e. The van der Waals surface area contributed by atoms with Gasteiger partial charge in [-0.2, -0.15) is 13.2 Å². The van der Waals surface area contributed by atoms with Gasteiger partial charge < -0.3 is 19.9 Å². The number of anilines is 2. The van der Waals surface area contributed by atoms with Gasteiger partial charge in [0.1, 0.15) is 11.7 Å². The van der Waals surface area contributed by atoms with E-state index < -0.39 is 35.0 Å². The number of carbonyl (C=O) groups is 1. The van der Waals surface area contributed by atoms with Gasteiger partial charge in [-0.15, -0.1) is 0 Å². The third-order valence-electron chi connectivity index (χ3n) is 5.11. The van der Waals surface area contributed by atoms with Crippen LogP contribution in [0.3, 0.4) is 0 Å². The Morgan fingerprint density at radius 2 is 2.03 bits per heavy atom. The van der Waals surface area contributed by atoms with Crippen molar-refractivity contribution in [1.82, 2.24) is 4.57 Å². The van der Waals surface area contributed by atoms with E-state index in [-0.39, 0.29) is 13.0 Å². The second kappa shape index (κ2) is 7.90. The highest BCUT2D eigenvalue weighted by Gasteiger charge is 2.38. The summed E-state index contributed by atoms with van der Waals surface area (Å²) in [7, 11) is 2.66. The van der Waals surface area contributed by atoms with Gasteiger partial charge in [0.25, 0.3) is 5.56 Å². The molecule has 1 aromatic carbocycles. The van der Waals surface area contributed by atoms with Gasteiger partial charge in [0, 0.05) is 25.5 Å². The largest absolute Gasteiger partial charge is 0.468 e. The van der Waals surface area contributed by atoms with Crippen molar-refractivity contribution in [3.63, 3.8) is 0 Å². The molecule has 2 N–H and O–H groups in total. The van der Waals surface area contributed by atoms with Crippen LogP contribution in [0.4, 0.5) is 24.5 Å². The summed E-state index contributed by atoms with van der Waals surface area (Å²) in [5, 5.41) is 0. The number of alkyl halides is 3. The number of carbonyl (C=O) groups excluding carboxylic acids is 1. The summed E-state index contributed by atoms with van der Waals surface area (Å²) in [5.41, 5.74) is 5.87. The summed E-state index contributed by atoms with van der Waals surface area (Å²) in [6.07, 6.45) is -2.17. The van der Waals surface area contributed by atoms with E-state index in [1.807, 2.05) is 0 Å². The Morgan fingerprint density at radius 3 is 2.69 bits per heavy atom. The molecule has 1 atom stereocenters. The van der Waals surface area contributed by atoms with E-state index >= 15 is 0 Å². The molecule has 0 saturated heterocycles. The fourth-order valence-corrected chi connectivity index (χ4v) is 3.70. The number of hydrogen-bond acceptors (Lipinski definition) is 5. The quantitative estimate of drug-likeness (QED) is 0.786. The Labute approximate surface area is 165 Å². The van der Waals surface area contributed by atoms with Crippen molar-refractivity contribution in [3.05, 3.63) is 57.5 Å². The molecule has 0 saturated carbocycles. The van der Waals surface area contributed by atoms with E-state index in [9.17, 15) is 22.8 Å². The lowest BCUT2D eigenvalue weighted by molar-refractivity contribution is -0.142. The van der Waals surface area contributed by atoms with Crippen LogP contribution in [0.1, 0.15) is 23.1 Å². The van der Waals surface area contributed by atoms with Crippen molar-refractivity contribution < 1.29 is 22.7 Å². The van der Waals surface area contributed by atoms with Gasteiger partial charge in [-0.25, -0.2) is 0 Å². The van der Waals surface area contributed by atoms with Crippen molar-refractivity contribution >= 4 is 17.3 Å². The molecule has 0 spiro atoms. The van der Waals surface area contributed by atoms with Crippen molar-refractivity contribution in [2.75, 3.05) is 18.6 Å². The van der Waals surface area contributed by atoms with Crippen molar-refractivity contribution in [1.29, 1.82) is 0 Å². The molecule has 1 aromatic heterocycles. The number of esters is 1. The number of nitrogens with zero attached hydrogens (tertiary/aromatic N) is 2. The number of fused-ring (bicyclic) bond motifs is 1. The molecule has 6 nitrogen and oxygen atoms in total. The highest BCUT2D eigenvalue weighted by Crippen LogP contribution is 2.40. The molecule has 29 heavy (non-hydrogen) atoms. The zero-order chi connectivity index (χ0) is 21.3. The molecule has 2 aromatic rings. The zero-order valence-electron chi connectivity index (χ0n) is 16.1. The van der Waals surface area contributed by atoms with Gasteiger partial charge in [-0.1, -0.05) is 12.1 Å². The number of methoxy groups -OCH3 is 1. The first-order valence-corrected chi connectivity index (χ1v) is 9.13. The molecule has 0 radical (unpaired) electrons. The number of nitrogens with two attached hydrogens (primary N) is 1. The molecule has 0 unspecified atom stereocenters. The number of aryl methyl sites for hydroxylation is 1. The van der Waals surface area contributed by atoms with Gasteiger partial charge in [-0.05, 0) is 42.5 Å². The van der Waals surface area contributed by atoms with E-state index in [4.69, 9.17) is 5.73 Å². The lowest BCUT2D eigenvalue weighted by Gasteiger charge is -2.34. The molecule has 0 aliphatic carbocycles. The normalized spacial score (nSPS) is 15.0. The highest BCUT2D eigenvalue weighted by molar-refractivity contribution is 5.76. The van der Waals surface area contributed by atoms with Crippen LogP contribution in [0.2, 0.25) is 0 Å². The van der Waals surface area contributed by atoms with Crippen molar-refractivity contribution in [3.8, 4) is 0 Å². The Morgan fingerprint density at radius 1 is 1.31 bits per heavy atom. The summed E-state index contributed by atoms with van der Waals surface area (Å²) in [5.74, 6) is -0.563. The fraction of sp³-hybridized carbons (Fsp3) is 0.400. The van der Waals surface area contributed by atoms with Gasteiger partial charge in [0.05, 0.1) is 12.7 Å².